The quantitative estimate of drug-likeness (QED) is 0.877. The van der Waals surface area contributed by atoms with E-state index in [-0.39, 0.29) is 0 Å². The number of hydrogen-bond acceptors (Lipinski definition) is 3. The lowest BCUT2D eigenvalue weighted by molar-refractivity contribution is 0.515. The predicted octanol–water partition coefficient (Wildman–Crippen LogP) is 3.75. The maximum atomic E-state index is 4.78. The molecule has 106 valence electrons. The van der Waals surface area contributed by atoms with Crippen molar-refractivity contribution in [1.29, 1.82) is 0 Å². The minimum atomic E-state index is 0.339. The van der Waals surface area contributed by atoms with Gasteiger partial charge in [0.2, 0.25) is 0 Å². The molecule has 0 amide bonds. The summed E-state index contributed by atoms with van der Waals surface area (Å²) in [7, 11) is 0. The smallest absolute Gasteiger partial charge is 0.131 e. The van der Waals surface area contributed by atoms with Crippen molar-refractivity contribution in [2.75, 3.05) is 6.54 Å². The normalized spacial score (nSPS) is 24.6. The Bertz CT molecular complexity index is 416. The summed E-state index contributed by atoms with van der Waals surface area (Å²) in [6.07, 6.45) is 7.21. The van der Waals surface area contributed by atoms with Gasteiger partial charge in [-0.05, 0) is 45.6 Å². The molecule has 1 saturated carbocycles. The minimum Gasteiger partial charge on any atom is -0.310 e. The van der Waals surface area contributed by atoms with Crippen molar-refractivity contribution in [2.45, 2.75) is 65.3 Å². The van der Waals surface area contributed by atoms with E-state index in [1.54, 1.807) is 0 Å². The first kappa shape index (κ1) is 14.4. The summed E-state index contributed by atoms with van der Waals surface area (Å²) in [6.45, 7) is 9.69. The first-order chi connectivity index (χ1) is 9.15. The molecule has 1 aromatic rings. The Morgan fingerprint density at radius 2 is 2.16 bits per heavy atom. The maximum Gasteiger partial charge on any atom is 0.131 e. The standard InChI is InChI=1S/C16H27N3/c1-5-13-7-8-14(9-13)16-18-10-15(12(4)19-16)11(3)17-6-2/h10-11,13-14,17H,5-9H2,1-4H3. The van der Waals surface area contributed by atoms with Crippen LogP contribution in [0.4, 0.5) is 0 Å². The van der Waals surface area contributed by atoms with Crippen LogP contribution in [0.25, 0.3) is 0 Å². The first-order valence-electron chi connectivity index (χ1n) is 7.72. The van der Waals surface area contributed by atoms with E-state index >= 15 is 0 Å². The minimum absolute atomic E-state index is 0.339. The van der Waals surface area contributed by atoms with Crippen LogP contribution >= 0.6 is 0 Å². The second-order valence-electron chi connectivity index (χ2n) is 5.83. The van der Waals surface area contributed by atoms with E-state index in [0.717, 1.165) is 24.0 Å². The summed E-state index contributed by atoms with van der Waals surface area (Å²) in [6, 6.07) is 0.339. The number of hydrogen-bond donors (Lipinski definition) is 1. The van der Waals surface area contributed by atoms with Crippen LogP contribution in [0.5, 0.6) is 0 Å². The molecular formula is C16H27N3. The third kappa shape index (κ3) is 3.33. The Kier molecular flexibility index (Phi) is 4.92. The van der Waals surface area contributed by atoms with Crippen LogP contribution in [-0.4, -0.2) is 16.5 Å². The van der Waals surface area contributed by atoms with E-state index in [0.29, 0.717) is 12.0 Å². The maximum absolute atomic E-state index is 4.78. The van der Waals surface area contributed by atoms with Crippen molar-refractivity contribution in [3.05, 3.63) is 23.3 Å². The third-order valence-electron chi connectivity index (χ3n) is 4.50. The molecule has 1 aliphatic carbocycles. The molecule has 0 bridgehead atoms. The number of rotatable bonds is 5. The van der Waals surface area contributed by atoms with Gasteiger partial charge in [-0.25, -0.2) is 9.97 Å². The fourth-order valence-electron chi connectivity index (χ4n) is 3.21. The van der Waals surface area contributed by atoms with Crippen LogP contribution in [0.15, 0.2) is 6.20 Å². The third-order valence-corrected chi connectivity index (χ3v) is 4.50. The Hall–Kier alpha value is -0.960. The number of aromatic nitrogens is 2. The average molecular weight is 261 g/mol. The predicted molar refractivity (Wildman–Crippen MR) is 79.2 cm³/mol. The Balaban J connectivity index is 2.11. The van der Waals surface area contributed by atoms with Crippen LogP contribution in [0.1, 0.15) is 75.5 Å². The molecule has 1 aromatic heterocycles. The second-order valence-corrected chi connectivity index (χ2v) is 5.83. The van der Waals surface area contributed by atoms with Crippen molar-refractivity contribution >= 4 is 0 Å². The van der Waals surface area contributed by atoms with Crippen molar-refractivity contribution in [3.8, 4) is 0 Å². The molecular weight excluding hydrogens is 234 g/mol. The molecule has 3 atom stereocenters. The fraction of sp³-hybridized carbons (Fsp3) is 0.750. The van der Waals surface area contributed by atoms with Gasteiger partial charge in [-0.3, -0.25) is 0 Å². The van der Waals surface area contributed by atoms with Gasteiger partial charge in [-0.15, -0.1) is 0 Å². The van der Waals surface area contributed by atoms with Gasteiger partial charge in [0.05, 0.1) is 0 Å². The zero-order valence-corrected chi connectivity index (χ0v) is 12.7. The van der Waals surface area contributed by atoms with E-state index in [9.17, 15) is 0 Å². The summed E-state index contributed by atoms with van der Waals surface area (Å²) < 4.78 is 0. The lowest BCUT2D eigenvalue weighted by Crippen LogP contribution is -2.20. The van der Waals surface area contributed by atoms with Gasteiger partial charge in [-0.1, -0.05) is 20.3 Å². The summed E-state index contributed by atoms with van der Waals surface area (Å²) >= 11 is 0. The summed E-state index contributed by atoms with van der Waals surface area (Å²) in [5.74, 6) is 2.54. The molecule has 0 aliphatic heterocycles. The largest absolute Gasteiger partial charge is 0.310 e. The first-order valence-corrected chi connectivity index (χ1v) is 7.72. The Labute approximate surface area is 117 Å². The molecule has 1 heterocycles. The van der Waals surface area contributed by atoms with Gasteiger partial charge in [0.25, 0.3) is 0 Å². The molecule has 0 saturated heterocycles. The van der Waals surface area contributed by atoms with Gasteiger partial charge in [0, 0.05) is 29.4 Å². The van der Waals surface area contributed by atoms with Crippen LogP contribution in [0.3, 0.4) is 0 Å². The molecule has 3 unspecified atom stereocenters. The lowest BCUT2D eigenvalue weighted by atomic mass is 10.0. The van der Waals surface area contributed by atoms with E-state index in [1.807, 2.05) is 6.20 Å². The lowest BCUT2D eigenvalue weighted by Gasteiger charge is -2.16. The number of aryl methyl sites for hydroxylation is 1. The van der Waals surface area contributed by atoms with Crippen molar-refractivity contribution in [2.24, 2.45) is 5.92 Å². The average Bonchev–Trinajstić information content (AvgIpc) is 2.87. The molecule has 1 fully saturated rings. The fourth-order valence-corrected chi connectivity index (χ4v) is 3.21. The summed E-state index contributed by atoms with van der Waals surface area (Å²) in [5, 5.41) is 3.43. The van der Waals surface area contributed by atoms with Gasteiger partial charge in [-0.2, -0.15) is 0 Å². The van der Waals surface area contributed by atoms with Crippen molar-refractivity contribution in [1.82, 2.24) is 15.3 Å². The molecule has 1 aliphatic rings. The van der Waals surface area contributed by atoms with E-state index in [2.05, 4.69) is 38.0 Å². The van der Waals surface area contributed by atoms with Gasteiger partial charge < -0.3 is 5.32 Å². The second kappa shape index (κ2) is 6.47. The number of nitrogens with zero attached hydrogens (tertiary/aromatic N) is 2. The van der Waals surface area contributed by atoms with E-state index in [1.165, 1.54) is 31.2 Å². The summed E-state index contributed by atoms with van der Waals surface area (Å²) in [5.41, 5.74) is 2.37. The molecule has 3 nitrogen and oxygen atoms in total. The van der Waals surface area contributed by atoms with Crippen LogP contribution in [0, 0.1) is 12.8 Å². The molecule has 19 heavy (non-hydrogen) atoms. The van der Waals surface area contributed by atoms with Crippen LogP contribution in [-0.2, 0) is 0 Å². The van der Waals surface area contributed by atoms with Crippen LogP contribution in [0.2, 0.25) is 0 Å². The van der Waals surface area contributed by atoms with Gasteiger partial charge in [0.15, 0.2) is 0 Å². The van der Waals surface area contributed by atoms with E-state index < -0.39 is 0 Å². The van der Waals surface area contributed by atoms with Crippen molar-refractivity contribution in [3.63, 3.8) is 0 Å². The summed E-state index contributed by atoms with van der Waals surface area (Å²) in [4.78, 5) is 9.42. The molecule has 2 rings (SSSR count). The molecule has 0 radical (unpaired) electrons. The molecule has 0 aromatic carbocycles. The number of nitrogens with one attached hydrogen (secondary N) is 1. The van der Waals surface area contributed by atoms with Gasteiger partial charge in [0.1, 0.15) is 5.82 Å². The zero-order chi connectivity index (χ0) is 13.8. The highest BCUT2D eigenvalue weighted by molar-refractivity contribution is 5.21. The highest BCUT2D eigenvalue weighted by Crippen LogP contribution is 2.38. The van der Waals surface area contributed by atoms with Crippen LogP contribution < -0.4 is 5.32 Å². The van der Waals surface area contributed by atoms with Gasteiger partial charge >= 0.3 is 0 Å². The molecule has 1 N–H and O–H groups in total. The molecule has 3 heteroatoms. The highest BCUT2D eigenvalue weighted by Gasteiger charge is 2.27. The molecule has 0 spiro atoms. The monoisotopic (exact) mass is 261 g/mol. The van der Waals surface area contributed by atoms with Crippen molar-refractivity contribution < 1.29 is 0 Å². The SMILES string of the molecule is CCNC(C)c1cnc(C2CCC(CC)C2)nc1C. The zero-order valence-electron chi connectivity index (χ0n) is 12.7. The topological polar surface area (TPSA) is 37.8 Å². The highest BCUT2D eigenvalue weighted by atomic mass is 14.9. The van der Waals surface area contributed by atoms with E-state index in [4.69, 9.17) is 4.98 Å². The Morgan fingerprint density at radius 3 is 2.74 bits per heavy atom. The Morgan fingerprint density at radius 1 is 1.37 bits per heavy atom.